The third-order valence-corrected chi connectivity index (χ3v) is 4.05. The average Bonchev–Trinajstić information content (AvgIpc) is 3.01. The van der Waals surface area contributed by atoms with Gasteiger partial charge in [0.2, 0.25) is 0 Å². The van der Waals surface area contributed by atoms with E-state index in [1.54, 1.807) is 11.3 Å². The Morgan fingerprint density at radius 1 is 1.05 bits per heavy atom. The van der Waals surface area contributed by atoms with Crippen LogP contribution in [0.1, 0.15) is 12.5 Å². The number of aromatic nitrogens is 2. The zero-order chi connectivity index (χ0) is 13.9. The van der Waals surface area contributed by atoms with Gasteiger partial charge >= 0.3 is 0 Å². The Morgan fingerprint density at radius 3 is 2.50 bits per heavy atom. The van der Waals surface area contributed by atoms with Crippen molar-refractivity contribution in [2.45, 2.75) is 13.3 Å². The molecule has 0 radical (unpaired) electrons. The van der Waals surface area contributed by atoms with E-state index in [0.29, 0.717) is 11.6 Å². The van der Waals surface area contributed by atoms with Crippen molar-refractivity contribution in [2.75, 3.05) is 5.73 Å². The van der Waals surface area contributed by atoms with Gasteiger partial charge in [-0.3, -0.25) is 0 Å². The van der Waals surface area contributed by atoms with E-state index >= 15 is 0 Å². The van der Waals surface area contributed by atoms with E-state index in [1.165, 1.54) is 0 Å². The highest BCUT2D eigenvalue weighted by Gasteiger charge is 2.14. The van der Waals surface area contributed by atoms with Gasteiger partial charge in [0.05, 0.1) is 10.6 Å². The summed E-state index contributed by atoms with van der Waals surface area (Å²) in [6, 6.07) is 14.1. The summed E-state index contributed by atoms with van der Waals surface area (Å²) in [5.41, 5.74) is 9.15. The summed E-state index contributed by atoms with van der Waals surface area (Å²) in [6.07, 6.45) is 0.820. The van der Waals surface area contributed by atoms with Crippen molar-refractivity contribution >= 4 is 17.2 Å². The van der Waals surface area contributed by atoms with Crippen molar-refractivity contribution in [1.82, 2.24) is 9.97 Å². The summed E-state index contributed by atoms with van der Waals surface area (Å²) in [4.78, 5) is 10.2. The van der Waals surface area contributed by atoms with Crippen molar-refractivity contribution in [1.29, 1.82) is 0 Å². The van der Waals surface area contributed by atoms with Crippen LogP contribution in [0.15, 0.2) is 47.8 Å². The summed E-state index contributed by atoms with van der Waals surface area (Å²) in [5.74, 6) is 1.28. The number of benzene rings is 1. The molecule has 100 valence electrons. The largest absolute Gasteiger partial charge is 0.383 e. The SMILES string of the molecule is CCc1c(N)nc(-c2cccs2)nc1-c1ccccc1. The fourth-order valence-electron chi connectivity index (χ4n) is 2.20. The van der Waals surface area contributed by atoms with E-state index in [9.17, 15) is 0 Å². The number of hydrogen-bond acceptors (Lipinski definition) is 4. The Balaban J connectivity index is 2.21. The molecule has 3 nitrogen and oxygen atoms in total. The molecule has 0 amide bonds. The predicted molar refractivity (Wildman–Crippen MR) is 84.6 cm³/mol. The highest BCUT2D eigenvalue weighted by atomic mass is 32.1. The van der Waals surface area contributed by atoms with Crippen molar-refractivity contribution in [3.8, 4) is 22.0 Å². The molecule has 3 rings (SSSR count). The number of rotatable bonds is 3. The quantitative estimate of drug-likeness (QED) is 0.789. The molecule has 0 bridgehead atoms. The second-order valence-corrected chi connectivity index (χ2v) is 5.40. The minimum atomic E-state index is 0.574. The van der Waals surface area contributed by atoms with E-state index < -0.39 is 0 Å². The lowest BCUT2D eigenvalue weighted by Crippen LogP contribution is -2.04. The standard InChI is InChI=1S/C16H15N3S/c1-2-12-14(11-7-4-3-5-8-11)18-16(19-15(12)17)13-9-6-10-20-13/h3-10H,2H2,1H3,(H2,17,18,19). The molecule has 0 aliphatic heterocycles. The van der Waals surface area contributed by atoms with E-state index in [4.69, 9.17) is 10.7 Å². The Bertz CT molecular complexity index is 706. The number of nitrogens with two attached hydrogens (primary N) is 1. The maximum Gasteiger partial charge on any atom is 0.172 e. The lowest BCUT2D eigenvalue weighted by atomic mass is 10.0. The normalized spacial score (nSPS) is 10.7. The van der Waals surface area contributed by atoms with Gasteiger partial charge in [-0.25, -0.2) is 9.97 Å². The number of thiophene rings is 1. The van der Waals surface area contributed by atoms with Crippen LogP contribution in [-0.4, -0.2) is 9.97 Å². The number of hydrogen-bond donors (Lipinski definition) is 1. The lowest BCUT2D eigenvalue weighted by molar-refractivity contribution is 1.07. The first kappa shape index (κ1) is 12.8. The summed E-state index contributed by atoms with van der Waals surface area (Å²) >= 11 is 1.62. The molecular weight excluding hydrogens is 266 g/mol. The summed E-state index contributed by atoms with van der Waals surface area (Å²) in [6.45, 7) is 2.08. The zero-order valence-electron chi connectivity index (χ0n) is 11.2. The Kier molecular flexibility index (Phi) is 3.48. The molecule has 1 aromatic carbocycles. The second kappa shape index (κ2) is 5.43. The first-order valence-corrected chi connectivity index (χ1v) is 7.43. The molecule has 0 saturated heterocycles. The van der Waals surface area contributed by atoms with Crippen molar-refractivity contribution in [3.05, 3.63) is 53.4 Å². The molecule has 3 aromatic rings. The van der Waals surface area contributed by atoms with Crippen LogP contribution in [-0.2, 0) is 6.42 Å². The molecule has 0 atom stereocenters. The second-order valence-electron chi connectivity index (χ2n) is 4.46. The Labute approximate surface area is 122 Å². The van der Waals surface area contributed by atoms with Gasteiger partial charge < -0.3 is 5.73 Å². The van der Waals surface area contributed by atoms with E-state index in [1.807, 2.05) is 35.7 Å². The first-order valence-electron chi connectivity index (χ1n) is 6.55. The zero-order valence-corrected chi connectivity index (χ0v) is 12.0. The third-order valence-electron chi connectivity index (χ3n) is 3.18. The van der Waals surface area contributed by atoms with Gasteiger partial charge in [-0.05, 0) is 17.9 Å². The third kappa shape index (κ3) is 2.30. The van der Waals surface area contributed by atoms with Crippen LogP contribution in [0.2, 0.25) is 0 Å². The van der Waals surface area contributed by atoms with Crippen LogP contribution in [0.4, 0.5) is 5.82 Å². The molecule has 0 fully saturated rings. The number of nitrogen functional groups attached to an aromatic ring is 1. The molecule has 0 aliphatic rings. The van der Waals surface area contributed by atoms with E-state index in [0.717, 1.165) is 28.1 Å². The maximum absolute atomic E-state index is 6.13. The Morgan fingerprint density at radius 2 is 1.85 bits per heavy atom. The van der Waals surface area contributed by atoms with Gasteiger partial charge in [0.25, 0.3) is 0 Å². The van der Waals surface area contributed by atoms with Gasteiger partial charge in [0.1, 0.15) is 5.82 Å². The molecule has 4 heteroatoms. The van der Waals surface area contributed by atoms with Crippen LogP contribution in [0.3, 0.4) is 0 Å². The molecule has 0 saturated carbocycles. The molecule has 20 heavy (non-hydrogen) atoms. The monoisotopic (exact) mass is 281 g/mol. The molecule has 0 spiro atoms. The summed E-state index contributed by atoms with van der Waals surface area (Å²) in [7, 11) is 0. The van der Waals surface area contributed by atoms with Crippen molar-refractivity contribution in [3.63, 3.8) is 0 Å². The molecule has 0 unspecified atom stereocenters. The highest BCUT2D eigenvalue weighted by molar-refractivity contribution is 7.13. The first-order chi connectivity index (χ1) is 9.79. The van der Waals surface area contributed by atoms with E-state index in [-0.39, 0.29) is 0 Å². The lowest BCUT2D eigenvalue weighted by Gasteiger charge is -2.11. The highest BCUT2D eigenvalue weighted by Crippen LogP contribution is 2.30. The van der Waals surface area contributed by atoms with Crippen LogP contribution in [0.5, 0.6) is 0 Å². The number of nitrogens with zero attached hydrogens (tertiary/aromatic N) is 2. The summed E-state index contributed by atoms with van der Waals surface area (Å²) in [5, 5.41) is 2.02. The van der Waals surface area contributed by atoms with Crippen LogP contribution in [0.25, 0.3) is 22.0 Å². The molecular formula is C16H15N3S. The smallest absolute Gasteiger partial charge is 0.172 e. The van der Waals surface area contributed by atoms with Gasteiger partial charge in [0.15, 0.2) is 5.82 Å². The minimum Gasteiger partial charge on any atom is -0.383 e. The van der Waals surface area contributed by atoms with Crippen LogP contribution in [0, 0.1) is 0 Å². The predicted octanol–water partition coefficient (Wildman–Crippen LogP) is 4.02. The van der Waals surface area contributed by atoms with Crippen molar-refractivity contribution < 1.29 is 0 Å². The van der Waals surface area contributed by atoms with Gasteiger partial charge in [-0.2, -0.15) is 0 Å². The topological polar surface area (TPSA) is 51.8 Å². The van der Waals surface area contributed by atoms with E-state index in [2.05, 4.69) is 24.0 Å². The van der Waals surface area contributed by atoms with Crippen molar-refractivity contribution in [2.24, 2.45) is 0 Å². The number of anilines is 1. The van der Waals surface area contributed by atoms with Crippen LogP contribution >= 0.6 is 11.3 Å². The van der Waals surface area contributed by atoms with Gasteiger partial charge in [-0.15, -0.1) is 11.3 Å². The molecule has 2 aromatic heterocycles. The maximum atomic E-state index is 6.13. The molecule has 2 N–H and O–H groups in total. The average molecular weight is 281 g/mol. The fraction of sp³-hybridized carbons (Fsp3) is 0.125. The fourth-order valence-corrected chi connectivity index (χ4v) is 2.86. The molecule has 2 heterocycles. The van der Waals surface area contributed by atoms with Gasteiger partial charge in [-0.1, -0.05) is 43.3 Å². The summed E-state index contributed by atoms with van der Waals surface area (Å²) < 4.78 is 0. The molecule has 0 aliphatic carbocycles. The van der Waals surface area contributed by atoms with Crippen LogP contribution < -0.4 is 5.73 Å². The van der Waals surface area contributed by atoms with Gasteiger partial charge in [0, 0.05) is 11.1 Å². The minimum absolute atomic E-state index is 0.574. The Hall–Kier alpha value is -2.20.